The van der Waals surface area contributed by atoms with Crippen LogP contribution in [0.1, 0.15) is 12.0 Å². The maximum atomic E-state index is 12.0. The summed E-state index contributed by atoms with van der Waals surface area (Å²) >= 11 is 1.61. The summed E-state index contributed by atoms with van der Waals surface area (Å²) < 4.78 is 0. The molecule has 1 aromatic carbocycles. The van der Waals surface area contributed by atoms with Gasteiger partial charge in [-0.3, -0.25) is 4.79 Å². The molecule has 1 atom stereocenters. The molecule has 0 radical (unpaired) electrons. The number of benzene rings is 1. The van der Waals surface area contributed by atoms with E-state index in [0.29, 0.717) is 11.8 Å². The first-order chi connectivity index (χ1) is 8.66. The fraction of sp³-hybridized carbons (Fsp3) is 0.500. The molecule has 0 spiro atoms. The van der Waals surface area contributed by atoms with Crippen LogP contribution in [0, 0.1) is 6.92 Å². The smallest absolute Gasteiger partial charge is 0.232 e. The highest BCUT2D eigenvalue weighted by Crippen LogP contribution is 2.19. The molecule has 1 saturated heterocycles. The highest BCUT2D eigenvalue weighted by Gasteiger charge is 2.22. The molecule has 1 N–H and O–H groups in total. The maximum Gasteiger partial charge on any atom is 0.232 e. The Labute approximate surface area is 113 Å². The minimum atomic E-state index is 0.217. The lowest BCUT2D eigenvalue weighted by Gasteiger charge is -2.23. The van der Waals surface area contributed by atoms with Gasteiger partial charge in [-0.15, -0.1) is 11.8 Å². The summed E-state index contributed by atoms with van der Waals surface area (Å²) in [6, 6.07) is 8.68. The number of amides is 1. The first-order valence-corrected chi connectivity index (χ1v) is 7.31. The summed E-state index contributed by atoms with van der Waals surface area (Å²) in [4.78, 5) is 15.1. The van der Waals surface area contributed by atoms with Crippen molar-refractivity contribution in [3.05, 3.63) is 29.8 Å². The van der Waals surface area contributed by atoms with Gasteiger partial charge >= 0.3 is 0 Å². The van der Waals surface area contributed by atoms with Crippen LogP contribution in [0.3, 0.4) is 0 Å². The second-order valence-electron chi connectivity index (χ2n) is 4.75. The van der Waals surface area contributed by atoms with E-state index >= 15 is 0 Å². The molecule has 1 unspecified atom stereocenters. The van der Waals surface area contributed by atoms with Crippen molar-refractivity contribution in [3.8, 4) is 0 Å². The fourth-order valence-corrected chi connectivity index (χ4v) is 2.88. The average molecular weight is 264 g/mol. The molecule has 2 rings (SSSR count). The molecule has 0 saturated carbocycles. The summed E-state index contributed by atoms with van der Waals surface area (Å²) in [5, 5.41) is 3.29. The van der Waals surface area contributed by atoms with Crippen LogP contribution in [0.2, 0.25) is 0 Å². The number of hydrogen-bond acceptors (Lipinski definition) is 3. The molecular weight excluding hydrogens is 244 g/mol. The van der Waals surface area contributed by atoms with Crippen LogP contribution in [0.15, 0.2) is 29.2 Å². The van der Waals surface area contributed by atoms with Crippen molar-refractivity contribution in [1.82, 2.24) is 10.2 Å². The first kappa shape index (κ1) is 13.4. The van der Waals surface area contributed by atoms with Gasteiger partial charge in [0.1, 0.15) is 0 Å². The zero-order valence-corrected chi connectivity index (χ0v) is 11.8. The predicted octanol–water partition coefficient (Wildman–Crippen LogP) is 1.91. The molecule has 1 heterocycles. The zero-order chi connectivity index (χ0) is 13.0. The van der Waals surface area contributed by atoms with Crippen molar-refractivity contribution in [2.45, 2.75) is 24.3 Å². The van der Waals surface area contributed by atoms with Gasteiger partial charge < -0.3 is 10.2 Å². The Morgan fingerprint density at radius 2 is 2.17 bits per heavy atom. The summed E-state index contributed by atoms with van der Waals surface area (Å²) in [5.74, 6) is 0.741. The van der Waals surface area contributed by atoms with Gasteiger partial charge in [-0.1, -0.05) is 17.7 Å². The molecule has 0 aliphatic carbocycles. The lowest BCUT2D eigenvalue weighted by atomic mass is 10.2. The second kappa shape index (κ2) is 6.25. The van der Waals surface area contributed by atoms with Gasteiger partial charge in [-0.2, -0.15) is 0 Å². The zero-order valence-electron chi connectivity index (χ0n) is 11.0. The van der Waals surface area contributed by atoms with Crippen LogP contribution in [-0.2, 0) is 4.79 Å². The Hall–Kier alpha value is -1.00. The minimum absolute atomic E-state index is 0.217. The summed E-state index contributed by atoms with van der Waals surface area (Å²) in [5.41, 5.74) is 1.25. The fourth-order valence-electron chi connectivity index (χ4n) is 2.06. The van der Waals surface area contributed by atoms with E-state index in [9.17, 15) is 4.79 Å². The van der Waals surface area contributed by atoms with Crippen molar-refractivity contribution < 1.29 is 4.79 Å². The maximum absolute atomic E-state index is 12.0. The third kappa shape index (κ3) is 3.50. The molecule has 1 aromatic rings. The number of nitrogens with zero attached hydrogens (tertiary/aromatic N) is 1. The number of rotatable bonds is 4. The molecule has 1 aliphatic heterocycles. The monoisotopic (exact) mass is 264 g/mol. The van der Waals surface area contributed by atoms with Crippen LogP contribution in [-0.4, -0.2) is 42.7 Å². The van der Waals surface area contributed by atoms with Gasteiger partial charge in [-0.05, 0) is 32.0 Å². The lowest BCUT2D eigenvalue weighted by molar-refractivity contribution is -0.128. The van der Waals surface area contributed by atoms with Gasteiger partial charge in [0.15, 0.2) is 0 Å². The largest absolute Gasteiger partial charge is 0.341 e. The Kier molecular flexibility index (Phi) is 4.66. The topological polar surface area (TPSA) is 32.3 Å². The van der Waals surface area contributed by atoms with E-state index < -0.39 is 0 Å². The molecule has 18 heavy (non-hydrogen) atoms. The summed E-state index contributed by atoms with van der Waals surface area (Å²) in [7, 11) is 1.91. The number of likely N-dealkylation sites (N-methyl/N-ethyl adjacent to an activating group) is 1. The van der Waals surface area contributed by atoms with Crippen molar-refractivity contribution in [2.75, 3.05) is 25.9 Å². The molecule has 1 aliphatic rings. The van der Waals surface area contributed by atoms with Gasteiger partial charge in [0.25, 0.3) is 0 Å². The van der Waals surface area contributed by atoms with Gasteiger partial charge in [-0.25, -0.2) is 0 Å². The van der Waals surface area contributed by atoms with Gasteiger partial charge in [0.05, 0.1) is 5.75 Å². The molecule has 1 amide bonds. The molecule has 3 nitrogen and oxygen atoms in total. The number of carbonyl (C=O) groups excluding carboxylic acids is 1. The molecule has 0 aromatic heterocycles. The number of thioether (sulfide) groups is 1. The van der Waals surface area contributed by atoms with Crippen molar-refractivity contribution in [2.24, 2.45) is 0 Å². The van der Waals surface area contributed by atoms with E-state index in [4.69, 9.17) is 0 Å². The Morgan fingerprint density at radius 1 is 1.44 bits per heavy atom. The van der Waals surface area contributed by atoms with E-state index in [1.165, 1.54) is 5.56 Å². The number of hydrogen-bond donors (Lipinski definition) is 1. The lowest BCUT2D eigenvalue weighted by Crippen LogP contribution is -2.39. The SMILES string of the molecule is Cc1ccc(SCC(=O)N(C)C2CCNC2)cc1. The third-order valence-electron chi connectivity index (χ3n) is 3.36. The van der Waals surface area contributed by atoms with Crippen LogP contribution in [0.4, 0.5) is 0 Å². The first-order valence-electron chi connectivity index (χ1n) is 6.32. The number of carbonyl (C=O) groups is 1. The summed E-state index contributed by atoms with van der Waals surface area (Å²) in [6.45, 7) is 4.02. The van der Waals surface area contributed by atoms with Crippen LogP contribution < -0.4 is 5.32 Å². The third-order valence-corrected chi connectivity index (χ3v) is 4.36. The number of nitrogens with one attached hydrogen (secondary N) is 1. The second-order valence-corrected chi connectivity index (χ2v) is 5.80. The van der Waals surface area contributed by atoms with Gasteiger partial charge in [0, 0.05) is 24.5 Å². The van der Waals surface area contributed by atoms with Crippen molar-refractivity contribution >= 4 is 17.7 Å². The predicted molar refractivity (Wildman–Crippen MR) is 75.9 cm³/mol. The standard InChI is InChI=1S/C14H20N2OS/c1-11-3-5-13(6-4-11)18-10-14(17)16(2)12-7-8-15-9-12/h3-6,12,15H,7-10H2,1-2H3. The minimum Gasteiger partial charge on any atom is -0.341 e. The van der Waals surface area contributed by atoms with E-state index in [1.807, 2.05) is 11.9 Å². The van der Waals surface area contributed by atoms with Crippen molar-refractivity contribution in [3.63, 3.8) is 0 Å². The van der Waals surface area contributed by atoms with E-state index in [0.717, 1.165) is 24.4 Å². The molecular formula is C14H20N2OS. The Morgan fingerprint density at radius 3 is 2.78 bits per heavy atom. The van der Waals surface area contributed by atoms with Crippen molar-refractivity contribution in [1.29, 1.82) is 0 Å². The van der Waals surface area contributed by atoms with Crippen LogP contribution in [0.25, 0.3) is 0 Å². The van der Waals surface area contributed by atoms with E-state index in [2.05, 4.69) is 36.5 Å². The van der Waals surface area contributed by atoms with E-state index in [-0.39, 0.29) is 5.91 Å². The summed E-state index contributed by atoms with van der Waals surface area (Å²) in [6.07, 6.45) is 1.07. The highest BCUT2D eigenvalue weighted by molar-refractivity contribution is 8.00. The molecule has 1 fully saturated rings. The van der Waals surface area contributed by atoms with E-state index in [1.54, 1.807) is 11.8 Å². The van der Waals surface area contributed by atoms with Crippen LogP contribution >= 0.6 is 11.8 Å². The van der Waals surface area contributed by atoms with Crippen LogP contribution in [0.5, 0.6) is 0 Å². The number of aryl methyl sites for hydroxylation is 1. The Bertz CT molecular complexity index is 399. The highest BCUT2D eigenvalue weighted by atomic mass is 32.2. The molecule has 98 valence electrons. The quantitative estimate of drug-likeness (QED) is 0.843. The average Bonchev–Trinajstić information content (AvgIpc) is 2.90. The Balaban J connectivity index is 1.82. The van der Waals surface area contributed by atoms with Gasteiger partial charge in [0.2, 0.25) is 5.91 Å². The molecule has 4 heteroatoms. The normalized spacial score (nSPS) is 18.9. The molecule has 0 bridgehead atoms.